The fourth-order valence-corrected chi connectivity index (χ4v) is 1.99. The van der Waals surface area contributed by atoms with Gasteiger partial charge in [0.1, 0.15) is 0 Å². The SMILES string of the molecule is CC(CC(C)S(=O)(=O)O)N(CC(=O)O)CC(=O)O. The molecule has 0 aromatic carbocycles. The van der Waals surface area contributed by atoms with Crippen molar-refractivity contribution in [2.45, 2.75) is 31.6 Å². The molecule has 2 unspecified atom stereocenters. The van der Waals surface area contributed by atoms with Crippen molar-refractivity contribution < 1.29 is 32.8 Å². The summed E-state index contributed by atoms with van der Waals surface area (Å²) in [4.78, 5) is 22.3. The van der Waals surface area contributed by atoms with Crippen molar-refractivity contribution in [2.75, 3.05) is 13.1 Å². The number of nitrogens with zero attached hydrogens (tertiary/aromatic N) is 1. The molecule has 18 heavy (non-hydrogen) atoms. The van der Waals surface area contributed by atoms with E-state index in [-0.39, 0.29) is 6.42 Å². The minimum atomic E-state index is -4.21. The zero-order valence-corrected chi connectivity index (χ0v) is 10.9. The van der Waals surface area contributed by atoms with E-state index < -0.39 is 46.4 Å². The molecule has 0 rings (SSSR count). The van der Waals surface area contributed by atoms with Crippen molar-refractivity contribution in [2.24, 2.45) is 0 Å². The summed E-state index contributed by atoms with van der Waals surface area (Å²) < 4.78 is 30.5. The molecule has 0 spiro atoms. The Morgan fingerprint density at radius 1 is 1.11 bits per heavy atom. The third-order valence-corrected chi connectivity index (χ3v) is 3.69. The maximum absolute atomic E-state index is 10.8. The van der Waals surface area contributed by atoms with Gasteiger partial charge in [0.25, 0.3) is 10.1 Å². The first-order chi connectivity index (χ1) is 8.04. The maximum Gasteiger partial charge on any atom is 0.317 e. The highest BCUT2D eigenvalue weighted by atomic mass is 32.2. The highest BCUT2D eigenvalue weighted by Gasteiger charge is 2.25. The lowest BCUT2D eigenvalue weighted by Crippen LogP contribution is -2.42. The van der Waals surface area contributed by atoms with E-state index in [2.05, 4.69) is 0 Å². The lowest BCUT2D eigenvalue weighted by molar-refractivity contribution is -0.142. The molecule has 0 saturated heterocycles. The van der Waals surface area contributed by atoms with Crippen LogP contribution < -0.4 is 0 Å². The van der Waals surface area contributed by atoms with Crippen molar-refractivity contribution >= 4 is 22.1 Å². The van der Waals surface area contributed by atoms with Gasteiger partial charge < -0.3 is 10.2 Å². The normalized spacial score (nSPS) is 15.3. The van der Waals surface area contributed by atoms with Crippen LogP contribution in [0.4, 0.5) is 0 Å². The number of carboxylic acids is 2. The molecule has 0 radical (unpaired) electrons. The van der Waals surface area contributed by atoms with Crippen molar-refractivity contribution in [1.29, 1.82) is 0 Å². The molecule has 106 valence electrons. The minimum Gasteiger partial charge on any atom is -0.480 e. The van der Waals surface area contributed by atoms with Gasteiger partial charge in [-0.1, -0.05) is 0 Å². The lowest BCUT2D eigenvalue weighted by atomic mass is 10.1. The lowest BCUT2D eigenvalue weighted by Gasteiger charge is -2.27. The molecule has 8 nitrogen and oxygen atoms in total. The van der Waals surface area contributed by atoms with E-state index in [9.17, 15) is 18.0 Å². The number of carboxylic acid groups (broad SMARTS) is 2. The molecule has 9 heteroatoms. The Balaban J connectivity index is 4.69. The van der Waals surface area contributed by atoms with Crippen LogP contribution in [0.15, 0.2) is 0 Å². The predicted octanol–water partition coefficient (Wildman–Crippen LogP) is -0.487. The number of carbonyl (C=O) groups is 2. The highest BCUT2D eigenvalue weighted by Crippen LogP contribution is 2.12. The van der Waals surface area contributed by atoms with Crippen LogP contribution in [0.2, 0.25) is 0 Å². The van der Waals surface area contributed by atoms with Crippen molar-refractivity contribution in [3.8, 4) is 0 Å². The summed E-state index contributed by atoms with van der Waals surface area (Å²) in [6.45, 7) is 1.76. The number of aliphatic carboxylic acids is 2. The Labute approximate surface area is 105 Å². The number of hydrogen-bond acceptors (Lipinski definition) is 5. The van der Waals surface area contributed by atoms with Crippen molar-refractivity contribution in [3.63, 3.8) is 0 Å². The van der Waals surface area contributed by atoms with E-state index in [1.54, 1.807) is 0 Å². The van der Waals surface area contributed by atoms with Gasteiger partial charge in [0, 0.05) is 6.04 Å². The molecule has 0 aliphatic heterocycles. The van der Waals surface area contributed by atoms with Crippen LogP contribution in [0, 0.1) is 0 Å². The topological polar surface area (TPSA) is 132 Å². The Morgan fingerprint density at radius 2 is 1.50 bits per heavy atom. The van der Waals surface area contributed by atoms with Gasteiger partial charge in [-0.3, -0.25) is 19.0 Å². The molecule has 2 atom stereocenters. The molecule has 0 amide bonds. The second kappa shape index (κ2) is 6.66. The molecule has 0 aromatic rings. The average Bonchev–Trinajstić information content (AvgIpc) is 2.13. The predicted molar refractivity (Wildman–Crippen MR) is 61.9 cm³/mol. The van der Waals surface area contributed by atoms with Crippen LogP contribution in [-0.2, 0) is 19.7 Å². The molecule has 0 aromatic heterocycles. The van der Waals surface area contributed by atoms with E-state index in [4.69, 9.17) is 14.8 Å². The maximum atomic E-state index is 10.8. The summed E-state index contributed by atoms with van der Waals surface area (Å²) in [5, 5.41) is 16.2. The van der Waals surface area contributed by atoms with Crippen LogP contribution in [0.3, 0.4) is 0 Å². The smallest absolute Gasteiger partial charge is 0.317 e. The summed E-state index contributed by atoms with van der Waals surface area (Å²) in [6, 6.07) is -0.603. The fourth-order valence-electron chi connectivity index (χ4n) is 1.47. The van der Waals surface area contributed by atoms with Crippen LogP contribution in [-0.4, -0.2) is 64.4 Å². The summed E-state index contributed by atoms with van der Waals surface area (Å²) in [7, 11) is -4.21. The first kappa shape index (κ1) is 16.8. The molecule has 3 N–H and O–H groups in total. The molecule has 0 heterocycles. The zero-order chi connectivity index (χ0) is 14.5. The summed E-state index contributed by atoms with van der Waals surface area (Å²) in [5.41, 5.74) is 0. The Bertz CT molecular complexity index is 389. The van der Waals surface area contributed by atoms with Gasteiger partial charge in [0.05, 0.1) is 18.3 Å². The molecular formula is C9H17NO7S. The third kappa shape index (κ3) is 6.52. The first-order valence-corrected chi connectivity index (χ1v) is 6.68. The highest BCUT2D eigenvalue weighted by molar-refractivity contribution is 7.86. The Hall–Kier alpha value is -1.19. The fraction of sp³-hybridized carbons (Fsp3) is 0.778. The van der Waals surface area contributed by atoms with Crippen LogP contribution >= 0.6 is 0 Å². The van der Waals surface area contributed by atoms with Gasteiger partial charge >= 0.3 is 11.9 Å². The summed E-state index contributed by atoms with van der Waals surface area (Å²) >= 11 is 0. The van der Waals surface area contributed by atoms with Crippen LogP contribution in [0.1, 0.15) is 20.3 Å². The van der Waals surface area contributed by atoms with Gasteiger partial charge in [-0.05, 0) is 20.3 Å². The van der Waals surface area contributed by atoms with E-state index in [1.165, 1.54) is 13.8 Å². The molecule has 0 fully saturated rings. The largest absolute Gasteiger partial charge is 0.480 e. The molecule has 0 aliphatic carbocycles. The van der Waals surface area contributed by atoms with Gasteiger partial charge in [-0.2, -0.15) is 8.42 Å². The van der Waals surface area contributed by atoms with Crippen LogP contribution in [0.5, 0.6) is 0 Å². The van der Waals surface area contributed by atoms with Crippen molar-refractivity contribution in [1.82, 2.24) is 4.90 Å². The first-order valence-electron chi connectivity index (χ1n) is 5.18. The van der Waals surface area contributed by atoms with Crippen LogP contribution in [0.25, 0.3) is 0 Å². The summed E-state index contributed by atoms with van der Waals surface area (Å²) in [5.74, 6) is -2.41. The summed E-state index contributed by atoms with van der Waals surface area (Å²) in [6.07, 6.45) is -0.0562. The van der Waals surface area contributed by atoms with Gasteiger partial charge in [0.15, 0.2) is 0 Å². The quantitative estimate of drug-likeness (QED) is 0.508. The van der Waals surface area contributed by atoms with E-state index in [0.717, 1.165) is 4.90 Å². The molecule has 0 aliphatic rings. The van der Waals surface area contributed by atoms with Crippen molar-refractivity contribution in [3.05, 3.63) is 0 Å². The van der Waals surface area contributed by atoms with E-state index in [1.807, 2.05) is 0 Å². The standard InChI is InChI=1S/C9H17NO7S/c1-6(3-7(2)18(15,16)17)10(4-8(11)12)5-9(13)14/h6-7H,3-5H2,1-2H3,(H,11,12)(H,13,14)(H,15,16,17). The average molecular weight is 283 g/mol. The Morgan fingerprint density at radius 3 is 1.78 bits per heavy atom. The Kier molecular flexibility index (Phi) is 6.22. The molecule has 0 saturated carbocycles. The van der Waals surface area contributed by atoms with Gasteiger partial charge in [0.2, 0.25) is 0 Å². The minimum absolute atomic E-state index is 0.0562. The molecular weight excluding hydrogens is 266 g/mol. The van der Waals surface area contributed by atoms with Gasteiger partial charge in [-0.15, -0.1) is 0 Å². The number of rotatable bonds is 8. The molecule has 0 bridgehead atoms. The zero-order valence-electron chi connectivity index (χ0n) is 10.1. The van der Waals surface area contributed by atoms with E-state index in [0.29, 0.717) is 0 Å². The van der Waals surface area contributed by atoms with Gasteiger partial charge in [-0.25, -0.2) is 0 Å². The second-order valence-electron chi connectivity index (χ2n) is 4.10. The van der Waals surface area contributed by atoms with E-state index >= 15 is 0 Å². The monoisotopic (exact) mass is 283 g/mol. The number of hydrogen-bond donors (Lipinski definition) is 3. The second-order valence-corrected chi connectivity index (χ2v) is 5.94. The third-order valence-electron chi connectivity index (χ3n) is 2.48.